The van der Waals surface area contributed by atoms with E-state index in [0.29, 0.717) is 20.7 Å². The fourth-order valence-electron chi connectivity index (χ4n) is 3.41. The summed E-state index contributed by atoms with van der Waals surface area (Å²) in [6, 6.07) is 23.4. The van der Waals surface area contributed by atoms with Gasteiger partial charge in [0.15, 0.2) is 4.32 Å². The number of halogens is 1. The number of nitrogens with zero attached hydrogens (tertiary/aromatic N) is 1. The number of furan rings is 1. The smallest absolute Gasteiger partial charge is 0.270 e. The Morgan fingerprint density at radius 3 is 2.53 bits per heavy atom. The summed E-state index contributed by atoms with van der Waals surface area (Å²) in [5, 5.41) is 2.01. The third-order valence-electron chi connectivity index (χ3n) is 4.83. The van der Waals surface area contributed by atoms with Gasteiger partial charge in [0, 0.05) is 17.0 Å². The Bertz CT molecular complexity index is 1320. The van der Waals surface area contributed by atoms with Crippen molar-refractivity contribution < 1.29 is 13.6 Å². The number of anilines is 1. The summed E-state index contributed by atoms with van der Waals surface area (Å²) in [6.45, 7) is 0. The highest BCUT2D eigenvalue weighted by molar-refractivity contribution is 8.27. The van der Waals surface area contributed by atoms with E-state index in [1.807, 2.05) is 42.5 Å². The van der Waals surface area contributed by atoms with Gasteiger partial charge in [0.1, 0.15) is 17.3 Å². The van der Waals surface area contributed by atoms with Crippen LogP contribution in [0.4, 0.5) is 10.1 Å². The number of benzene rings is 3. The van der Waals surface area contributed by atoms with Crippen LogP contribution in [0, 0.1) is 5.82 Å². The Kier molecular flexibility index (Phi) is 4.73. The van der Waals surface area contributed by atoms with Crippen LogP contribution >= 0.6 is 24.0 Å². The second-order valence-corrected chi connectivity index (χ2v) is 8.40. The number of carbonyl (C=O) groups is 1. The third kappa shape index (κ3) is 3.34. The lowest BCUT2D eigenvalue weighted by atomic mass is 10.1. The molecule has 1 saturated heterocycles. The van der Waals surface area contributed by atoms with E-state index < -0.39 is 0 Å². The van der Waals surface area contributed by atoms with Crippen LogP contribution in [0.25, 0.3) is 28.2 Å². The lowest BCUT2D eigenvalue weighted by Crippen LogP contribution is -2.27. The normalized spacial score (nSPS) is 15.5. The molecule has 2 heterocycles. The molecule has 146 valence electrons. The SMILES string of the molecule is O=C1/C(=C\c2ccc(-c3ccc(F)cc3)o2)SC(=S)N1c1cccc2ccccc12. The predicted octanol–water partition coefficient (Wildman–Crippen LogP) is 6.64. The van der Waals surface area contributed by atoms with Crippen LogP contribution < -0.4 is 4.90 Å². The molecule has 1 fully saturated rings. The van der Waals surface area contributed by atoms with Crippen LogP contribution in [0.2, 0.25) is 0 Å². The van der Waals surface area contributed by atoms with Gasteiger partial charge in [-0.25, -0.2) is 4.39 Å². The van der Waals surface area contributed by atoms with Gasteiger partial charge in [-0.3, -0.25) is 9.69 Å². The minimum absolute atomic E-state index is 0.180. The lowest BCUT2D eigenvalue weighted by Gasteiger charge is -2.17. The zero-order valence-corrected chi connectivity index (χ0v) is 17.2. The number of fused-ring (bicyclic) bond motifs is 1. The van der Waals surface area contributed by atoms with Gasteiger partial charge in [0.25, 0.3) is 5.91 Å². The van der Waals surface area contributed by atoms with E-state index in [4.69, 9.17) is 16.6 Å². The number of amides is 1. The standard InChI is InChI=1S/C24H14FNO2S2/c25-17-10-8-16(9-11-17)21-13-12-18(28-21)14-22-23(27)26(24(29)30-22)20-7-3-5-15-4-1-2-6-19(15)20/h1-14H/b22-14+. The summed E-state index contributed by atoms with van der Waals surface area (Å²) in [4.78, 5) is 15.2. The van der Waals surface area contributed by atoms with Crippen molar-refractivity contribution in [1.82, 2.24) is 0 Å². The van der Waals surface area contributed by atoms with Gasteiger partial charge < -0.3 is 4.42 Å². The third-order valence-corrected chi connectivity index (χ3v) is 6.13. The number of hydrogen-bond acceptors (Lipinski definition) is 4. The molecule has 0 spiro atoms. The summed E-state index contributed by atoms with van der Waals surface area (Å²) in [5.74, 6) is 0.655. The maximum absolute atomic E-state index is 13.1. The largest absolute Gasteiger partial charge is 0.457 e. The highest BCUT2D eigenvalue weighted by atomic mass is 32.2. The van der Waals surface area contributed by atoms with E-state index >= 15 is 0 Å². The Morgan fingerprint density at radius 2 is 1.70 bits per heavy atom. The molecule has 3 nitrogen and oxygen atoms in total. The van der Waals surface area contributed by atoms with Crippen LogP contribution in [0.1, 0.15) is 5.76 Å². The summed E-state index contributed by atoms with van der Waals surface area (Å²) < 4.78 is 19.5. The second-order valence-electron chi connectivity index (χ2n) is 6.72. The lowest BCUT2D eigenvalue weighted by molar-refractivity contribution is -0.113. The van der Waals surface area contributed by atoms with E-state index in [0.717, 1.165) is 22.0 Å². The molecule has 0 aliphatic carbocycles. The fraction of sp³-hybridized carbons (Fsp3) is 0. The first-order chi connectivity index (χ1) is 14.6. The number of hydrogen-bond donors (Lipinski definition) is 0. The molecule has 0 bridgehead atoms. The number of carbonyl (C=O) groups excluding carboxylic acids is 1. The van der Waals surface area contributed by atoms with Gasteiger partial charge >= 0.3 is 0 Å². The zero-order valence-electron chi connectivity index (χ0n) is 15.5. The molecule has 1 aliphatic heterocycles. The first kappa shape index (κ1) is 18.8. The average Bonchev–Trinajstić information content (AvgIpc) is 3.33. The molecule has 6 heteroatoms. The monoisotopic (exact) mass is 431 g/mol. The number of thiocarbonyl (C=S) groups is 1. The molecule has 0 radical (unpaired) electrons. The first-order valence-electron chi connectivity index (χ1n) is 9.22. The average molecular weight is 432 g/mol. The van der Waals surface area contributed by atoms with Crippen molar-refractivity contribution in [2.75, 3.05) is 4.90 Å². The van der Waals surface area contributed by atoms with E-state index in [-0.39, 0.29) is 11.7 Å². The Hall–Kier alpha value is -3.22. The molecule has 4 aromatic rings. The molecular formula is C24H14FNO2S2. The van der Waals surface area contributed by atoms with Crippen molar-refractivity contribution in [1.29, 1.82) is 0 Å². The highest BCUT2D eigenvalue weighted by Crippen LogP contribution is 2.39. The Labute approximate surface area is 181 Å². The van der Waals surface area contributed by atoms with Crippen LogP contribution in [0.15, 0.2) is 88.2 Å². The molecule has 0 atom stereocenters. The summed E-state index contributed by atoms with van der Waals surface area (Å²) in [5.41, 5.74) is 1.53. The van der Waals surface area contributed by atoms with Crippen molar-refractivity contribution in [3.05, 3.63) is 95.3 Å². The molecule has 1 amide bonds. The van der Waals surface area contributed by atoms with Crippen molar-refractivity contribution >= 4 is 56.7 Å². The zero-order chi connectivity index (χ0) is 20.7. The maximum atomic E-state index is 13.1. The first-order valence-corrected chi connectivity index (χ1v) is 10.4. The van der Waals surface area contributed by atoms with Crippen molar-refractivity contribution in [3.63, 3.8) is 0 Å². The van der Waals surface area contributed by atoms with Gasteiger partial charge in [-0.15, -0.1) is 0 Å². The summed E-state index contributed by atoms with van der Waals surface area (Å²) >= 11 is 6.76. The number of rotatable bonds is 3. The molecule has 0 N–H and O–H groups in total. The van der Waals surface area contributed by atoms with Crippen molar-refractivity contribution in [2.24, 2.45) is 0 Å². The molecule has 1 aromatic heterocycles. The molecule has 5 rings (SSSR count). The second kappa shape index (κ2) is 7.55. The molecule has 0 unspecified atom stereocenters. The van der Waals surface area contributed by atoms with Crippen molar-refractivity contribution in [3.8, 4) is 11.3 Å². The topological polar surface area (TPSA) is 33.5 Å². The van der Waals surface area contributed by atoms with Gasteiger partial charge in [-0.1, -0.05) is 60.4 Å². The van der Waals surface area contributed by atoms with Crippen LogP contribution in [-0.2, 0) is 4.79 Å². The molecule has 3 aromatic carbocycles. The quantitative estimate of drug-likeness (QED) is 0.269. The summed E-state index contributed by atoms with van der Waals surface area (Å²) in [7, 11) is 0. The van der Waals surface area contributed by atoms with E-state index in [1.165, 1.54) is 23.9 Å². The van der Waals surface area contributed by atoms with Crippen LogP contribution in [-0.4, -0.2) is 10.2 Å². The van der Waals surface area contributed by atoms with E-state index in [9.17, 15) is 9.18 Å². The van der Waals surface area contributed by atoms with E-state index in [1.54, 1.807) is 35.2 Å². The van der Waals surface area contributed by atoms with Gasteiger partial charge in [-0.2, -0.15) is 0 Å². The minimum atomic E-state index is -0.303. The molecule has 0 saturated carbocycles. The maximum Gasteiger partial charge on any atom is 0.270 e. The van der Waals surface area contributed by atoms with Crippen molar-refractivity contribution in [2.45, 2.75) is 0 Å². The van der Waals surface area contributed by atoms with E-state index in [2.05, 4.69) is 0 Å². The van der Waals surface area contributed by atoms with Gasteiger partial charge in [0.2, 0.25) is 0 Å². The fourth-order valence-corrected chi connectivity index (χ4v) is 4.67. The molecule has 30 heavy (non-hydrogen) atoms. The molecular weight excluding hydrogens is 417 g/mol. The Morgan fingerprint density at radius 1 is 0.933 bits per heavy atom. The predicted molar refractivity (Wildman–Crippen MR) is 124 cm³/mol. The highest BCUT2D eigenvalue weighted by Gasteiger charge is 2.34. The molecule has 1 aliphatic rings. The minimum Gasteiger partial charge on any atom is -0.457 e. The summed E-state index contributed by atoms with van der Waals surface area (Å²) in [6.07, 6.45) is 1.69. The van der Waals surface area contributed by atoms with Crippen LogP contribution in [0.5, 0.6) is 0 Å². The van der Waals surface area contributed by atoms with Crippen LogP contribution in [0.3, 0.4) is 0 Å². The Balaban J connectivity index is 1.47. The van der Waals surface area contributed by atoms with Gasteiger partial charge in [0.05, 0.1) is 10.6 Å². The van der Waals surface area contributed by atoms with Gasteiger partial charge in [-0.05, 0) is 47.9 Å². The number of thioether (sulfide) groups is 1.